The molecular weight excluding hydrogens is 404 g/mol. The molecule has 0 amide bonds. The van der Waals surface area contributed by atoms with Crippen LogP contribution in [-0.4, -0.2) is 43.4 Å². The van der Waals surface area contributed by atoms with Crippen LogP contribution in [0.2, 0.25) is 0 Å². The summed E-state index contributed by atoms with van der Waals surface area (Å²) in [6.07, 6.45) is 1.32. The topological polar surface area (TPSA) is 76.6 Å². The highest BCUT2D eigenvalue weighted by molar-refractivity contribution is 7.89. The summed E-state index contributed by atoms with van der Waals surface area (Å²) in [7, 11) is -3.65. The van der Waals surface area contributed by atoms with Crippen molar-refractivity contribution in [2.45, 2.75) is 45.4 Å². The number of carbonyl (C=O) groups is 1. The van der Waals surface area contributed by atoms with Gasteiger partial charge < -0.3 is 4.74 Å². The Labute approximate surface area is 168 Å². The van der Waals surface area contributed by atoms with Gasteiger partial charge in [-0.2, -0.15) is 4.31 Å². The average Bonchev–Trinajstić information content (AvgIpc) is 3.18. The number of nitrogens with zero attached hydrogens (tertiary/aromatic N) is 2. The van der Waals surface area contributed by atoms with Crippen molar-refractivity contribution in [3.05, 3.63) is 21.5 Å². The third-order valence-electron chi connectivity index (χ3n) is 4.73. The van der Waals surface area contributed by atoms with Gasteiger partial charge in [0.15, 0.2) is 0 Å². The smallest absolute Gasteiger partial charge is 0.310 e. The Morgan fingerprint density at radius 1 is 1.30 bits per heavy atom. The average molecular weight is 429 g/mol. The van der Waals surface area contributed by atoms with E-state index in [-0.39, 0.29) is 12.5 Å². The van der Waals surface area contributed by atoms with Crippen LogP contribution in [0, 0.1) is 26.7 Å². The molecule has 0 aromatic carbocycles. The number of sulfonamides is 1. The lowest BCUT2D eigenvalue weighted by atomic mass is 10.0. The summed E-state index contributed by atoms with van der Waals surface area (Å²) in [5, 5.41) is 0.850. The minimum absolute atomic E-state index is 0.182. The van der Waals surface area contributed by atoms with Crippen LogP contribution in [0.25, 0.3) is 9.88 Å². The number of aryl methyl sites for hydroxylation is 3. The standard InChI is InChI=1S/C18H24N2O4S3/c1-5-24-18(21)14-7-6-8-20(10-14)27(22,23)16-9-15(25-13(16)4)17-19-11(2)12(3)26-17/h9,14H,5-8,10H2,1-4H3. The number of piperidine rings is 1. The molecule has 0 aliphatic carbocycles. The molecule has 27 heavy (non-hydrogen) atoms. The van der Waals surface area contributed by atoms with E-state index in [2.05, 4.69) is 4.98 Å². The molecule has 1 aliphatic rings. The van der Waals surface area contributed by atoms with Crippen molar-refractivity contribution in [3.8, 4) is 9.88 Å². The molecule has 1 aliphatic heterocycles. The molecule has 0 N–H and O–H groups in total. The number of hydrogen-bond acceptors (Lipinski definition) is 7. The van der Waals surface area contributed by atoms with Crippen LogP contribution < -0.4 is 0 Å². The van der Waals surface area contributed by atoms with Crippen LogP contribution >= 0.6 is 22.7 Å². The zero-order chi connectivity index (χ0) is 19.8. The number of rotatable bonds is 5. The molecule has 2 aromatic heterocycles. The van der Waals surface area contributed by atoms with E-state index in [1.165, 1.54) is 15.6 Å². The molecule has 6 nitrogen and oxygen atoms in total. The summed E-state index contributed by atoms with van der Waals surface area (Å²) in [6.45, 7) is 8.46. The fourth-order valence-electron chi connectivity index (χ4n) is 3.16. The lowest BCUT2D eigenvalue weighted by Gasteiger charge is -2.30. The first-order valence-corrected chi connectivity index (χ1v) is 12.0. The van der Waals surface area contributed by atoms with Gasteiger partial charge in [-0.3, -0.25) is 4.79 Å². The molecule has 1 saturated heterocycles. The zero-order valence-electron chi connectivity index (χ0n) is 15.9. The Kier molecular flexibility index (Phi) is 6.05. The molecule has 3 heterocycles. The van der Waals surface area contributed by atoms with E-state index in [4.69, 9.17) is 4.74 Å². The highest BCUT2D eigenvalue weighted by Crippen LogP contribution is 2.38. The first-order chi connectivity index (χ1) is 12.7. The summed E-state index contributed by atoms with van der Waals surface area (Å²) in [5.41, 5.74) is 0.971. The van der Waals surface area contributed by atoms with Gasteiger partial charge in [-0.1, -0.05) is 0 Å². The SMILES string of the molecule is CCOC(=O)C1CCCN(S(=O)(=O)c2cc(-c3nc(C)c(C)s3)sc2C)C1. The summed E-state index contributed by atoms with van der Waals surface area (Å²) in [4.78, 5) is 19.7. The van der Waals surface area contributed by atoms with Crippen LogP contribution in [-0.2, 0) is 19.6 Å². The van der Waals surface area contributed by atoms with Gasteiger partial charge in [0.2, 0.25) is 10.0 Å². The zero-order valence-corrected chi connectivity index (χ0v) is 18.4. The molecule has 3 rings (SSSR count). The number of ether oxygens (including phenoxy) is 1. The lowest BCUT2D eigenvalue weighted by molar-refractivity contribution is -0.149. The second-order valence-corrected chi connectivity index (χ2v) is 11.0. The third kappa shape index (κ3) is 4.11. The fraction of sp³-hybridized carbons (Fsp3) is 0.556. The maximum absolute atomic E-state index is 13.2. The molecule has 0 bridgehead atoms. The van der Waals surface area contributed by atoms with E-state index >= 15 is 0 Å². The molecule has 0 radical (unpaired) electrons. The third-order valence-corrected chi connectivity index (χ3v) is 9.15. The van der Waals surface area contributed by atoms with Crippen LogP contribution in [0.1, 0.15) is 35.2 Å². The van der Waals surface area contributed by atoms with Crippen LogP contribution in [0.4, 0.5) is 0 Å². The van der Waals surface area contributed by atoms with Gasteiger partial charge in [-0.25, -0.2) is 13.4 Å². The summed E-state index contributed by atoms with van der Waals surface area (Å²) < 4.78 is 32.9. The van der Waals surface area contributed by atoms with E-state index in [0.717, 1.165) is 25.3 Å². The van der Waals surface area contributed by atoms with Gasteiger partial charge in [0.05, 0.1) is 28.0 Å². The Morgan fingerprint density at radius 3 is 2.67 bits per heavy atom. The Balaban J connectivity index is 1.87. The normalized spacial score (nSPS) is 18.6. The van der Waals surface area contributed by atoms with Crippen molar-refractivity contribution in [1.82, 2.24) is 9.29 Å². The predicted molar refractivity (Wildman–Crippen MR) is 108 cm³/mol. The van der Waals surface area contributed by atoms with E-state index < -0.39 is 15.9 Å². The Bertz CT molecular complexity index is 926. The minimum atomic E-state index is -3.65. The van der Waals surface area contributed by atoms with Crippen LogP contribution in [0.3, 0.4) is 0 Å². The predicted octanol–water partition coefficient (Wildman–Crippen LogP) is 3.76. The van der Waals surface area contributed by atoms with Crippen molar-refractivity contribution < 1.29 is 17.9 Å². The monoisotopic (exact) mass is 428 g/mol. The number of aromatic nitrogens is 1. The molecule has 2 aromatic rings. The molecule has 1 unspecified atom stereocenters. The molecule has 1 atom stereocenters. The Hall–Kier alpha value is -1.29. The summed E-state index contributed by atoms with van der Waals surface area (Å²) >= 11 is 3.02. The molecule has 9 heteroatoms. The van der Waals surface area contributed by atoms with E-state index in [0.29, 0.717) is 30.9 Å². The van der Waals surface area contributed by atoms with Crippen molar-refractivity contribution in [2.24, 2.45) is 5.92 Å². The van der Waals surface area contributed by atoms with Gasteiger partial charge in [0.1, 0.15) is 5.01 Å². The quantitative estimate of drug-likeness (QED) is 0.678. The lowest BCUT2D eigenvalue weighted by Crippen LogP contribution is -2.42. The van der Waals surface area contributed by atoms with Crippen molar-refractivity contribution in [2.75, 3.05) is 19.7 Å². The number of esters is 1. The van der Waals surface area contributed by atoms with Crippen molar-refractivity contribution in [3.63, 3.8) is 0 Å². The molecule has 1 fully saturated rings. The summed E-state index contributed by atoms with van der Waals surface area (Å²) in [5.74, 6) is -0.704. The largest absolute Gasteiger partial charge is 0.466 e. The molecular formula is C18H24N2O4S3. The van der Waals surface area contributed by atoms with Gasteiger partial charge in [0.25, 0.3) is 0 Å². The number of hydrogen-bond donors (Lipinski definition) is 0. The van der Waals surface area contributed by atoms with Crippen LogP contribution in [0.5, 0.6) is 0 Å². The second kappa shape index (κ2) is 7.98. The fourth-order valence-corrected chi connectivity index (χ4v) is 7.20. The number of thiazole rings is 1. The maximum atomic E-state index is 13.2. The van der Waals surface area contributed by atoms with E-state index in [9.17, 15) is 13.2 Å². The maximum Gasteiger partial charge on any atom is 0.310 e. The van der Waals surface area contributed by atoms with E-state index in [1.54, 1.807) is 24.3 Å². The van der Waals surface area contributed by atoms with Gasteiger partial charge in [-0.15, -0.1) is 22.7 Å². The highest BCUT2D eigenvalue weighted by atomic mass is 32.2. The molecule has 0 saturated carbocycles. The highest BCUT2D eigenvalue weighted by Gasteiger charge is 2.35. The Morgan fingerprint density at radius 2 is 2.04 bits per heavy atom. The van der Waals surface area contributed by atoms with E-state index in [1.807, 2.05) is 20.8 Å². The second-order valence-electron chi connectivity index (χ2n) is 6.65. The number of thiophene rings is 1. The first-order valence-electron chi connectivity index (χ1n) is 8.95. The van der Waals surface area contributed by atoms with Gasteiger partial charge in [0, 0.05) is 22.8 Å². The molecule has 0 spiro atoms. The number of carbonyl (C=O) groups excluding carboxylic acids is 1. The van der Waals surface area contributed by atoms with Gasteiger partial charge >= 0.3 is 5.97 Å². The first kappa shape index (κ1) is 20.4. The minimum Gasteiger partial charge on any atom is -0.466 e. The van der Waals surface area contributed by atoms with Gasteiger partial charge in [-0.05, 0) is 46.6 Å². The molecule has 148 valence electrons. The summed E-state index contributed by atoms with van der Waals surface area (Å²) in [6, 6.07) is 1.72. The van der Waals surface area contributed by atoms with Crippen molar-refractivity contribution >= 4 is 38.7 Å². The van der Waals surface area contributed by atoms with Crippen LogP contribution in [0.15, 0.2) is 11.0 Å². The van der Waals surface area contributed by atoms with Crippen molar-refractivity contribution in [1.29, 1.82) is 0 Å².